The van der Waals surface area contributed by atoms with Crippen molar-refractivity contribution >= 4 is 23.6 Å². The molecule has 1 spiro atoms. The largest absolute Gasteiger partial charge is 0.466 e. The van der Waals surface area contributed by atoms with Crippen LogP contribution in [0.1, 0.15) is 12.5 Å². The first-order chi connectivity index (χ1) is 12.9. The van der Waals surface area contributed by atoms with Gasteiger partial charge >= 0.3 is 17.9 Å². The minimum absolute atomic E-state index is 0.0277. The van der Waals surface area contributed by atoms with Crippen molar-refractivity contribution < 1.29 is 28.6 Å². The van der Waals surface area contributed by atoms with Gasteiger partial charge in [0.2, 0.25) is 0 Å². The number of fused-ring (bicyclic) bond motifs is 2. The van der Waals surface area contributed by atoms with Gasteiger partial charge in [0.05, 0.1) is 7.11 Å². The summed E-state index contributed by atoms with van der Waals surface area (Å²) in [6, 6.07) is 6.68. The van der Waals surface area contributed by atoms with E-state index in [1.165, 1.54) is 13.0 Å². The number of cyclic esters (lactones) is 1. The molecule has 27 heavy (non-hydrogen) atoms. The molecule has 1 aromatic carbocycles. The number of nitrogens with two attached hydrogens (primary N) is 1. The van der Waals surface area contributed by atoms with E-state index in [4.69, 9.17) is 19.9 Å². The molecule has 2 heterocycles. The molecule has 8 heteroatoms. The number of anilines is 1. The van der Waals surface area contributed by atoms with Crippen LogP contribution in [0.4, 0.5) is 5.69 Å². The molecule has 0 amide bonds. The second-order valence-electron chi connectivity index (χ2n) is 5.91. The van der Waals surface area contributed by atoms with Crippen LogP contribution in [0, 0.1) is 0 Å². The Hall–Kier alpha value is -3.55. The van der Waals surface area contributed by atoms with Crippen molar-refractivity contribution in [3.8, 4) is 0 Å². The van der Waals surface area contributed by atoms with Gasteiger partial charge in [-0.25, -0.2) is 14.4 Å². The zero-order chi connectivity index (χ0) is 19.8. The number of allylic oxidation sites excluding steroid dienone is 1. The van der Waals surface area contributed by atoms with Crippen molar-refractivity contribution in [2.75, 3.05) is 19.0 Å². The zero-order valence-corrected chi connectivity index (χ0v) is 14.8. The quantitative estimate of drug-likeness (QED) is 0.462. The van der Waals surface area contributed by atoms with Gasteiger partial charge in [-0.3, -0.25) is 0 Å². The van der Waals surface area contributed by atoms with E-state index in [1.807, 2.05) is 0 Å². The maximum atomic E-state index is 13.1. The number of hydrogen-bond acceptors (Lipinski definition) is 8. The molecule has 0 aromatic heterocycles. The van der Waals surface area contributed by atoms with E-state index in [9.17, 15) is 14.4 Å². The van der Waals surface area contributed by atoms with Crippen LogP contribution in [-0.2, 0) is 34.0 Å². The lowest BCUT2D eigenvalue weighted by Crippen LogP contribution is -2.47. The number of methoxy groups -OCH3 is 1. The van der Waals surface area contributed by atoms with Crippen molar-refractivity contribution in [2.24, 2.45) is 5.73 Å². The predicted octanol–water partition coefficient (Wildman–Crippen LogP) is 1.25. The third kappa shape index (κ3) is 2.49. The molecule has 2 aliphatic rings. The molecule has 0 bridgehead atoms. The van der Waals surface area contributed by atoms with E-state index in [2.05, 4.69) is 11.9 Å². The number of esters is 3. The molecule has 8 nitrogen and oxygen atoms in total. The molecule has 0 radical (unpaired) electrons. The van der Waals surface area contributed by atoms with E-state index in [1.54, 1.807) is 24.3 Å². The fourth-order valence-corrected chi connectivity index (χ4v) is 3.44. The summed E-state index contributed by atoms with van der Waals surface area (Å²) in [6.45, 7) is 4.87. The lowest BCUT2D eigenvalue weighted by molar-refractivity contribution is -0.146. The topological polar surface area (TPSA) is 117 Å². The lowest BCUT2D eigenvalue weighted by Gasteiger charge is -2.35. The average Bonchev–Trinajstić information content (AvgIpc) is 2.90. The molecule has 1 unspecified atom stereocenters. The highest BCUT2D eigenvalue weighted by Gasteiger charge is 2.62. The molecule has 0 saturated carbocycles. The SMILES string of the molecule is C=CCOC(=O)C1=C(C)OC(=O)C12C(C(=O)OC)=C(N)Nc1ccccc12. The third-order valence-corrected chi connectivity index (χ3v) is 4.45. The summed E-state index contributed by atoms with van der Waals surface area (Å²) in [5.41, 5.74) is 4.63. The summed E-state index contributed by atoms with van der Waals surface area (Å²) in [6.07, 6.45) is 1.39. The summed E-state index contributed by atoms with van der Waals surface area (Å²) in [5.74, 6) is -2.59. The van der Waals surface area contributed by atoms with Crippen LogP contribution in [0.2, 0.25) is 0 Å². The van der Waals surface area contributed by atoms with Crippen LogP contribution >= 0.6 is 0 Å². The highest BCUT2D eigenvalue weighted by Crippen LogP contribution is 2.52. The van der Waals surface area contributed by atoms with Gasteiger partial charge in [0.25, 0.3) is 0 Å². The van der Waals surface area contributed by atoms with E-state index in [-0.39, 0.29) is 29.3 Å². The molecular formula is C19H18N2O6. The van der Waals surface area contributed by atoms with E-state index in [0.29, 0.717) is 11.3 Å². The molecule has 1 aromatic rings. The molecule has 1 atom stereocenters. The van der Waals surface area contributed by atoms with Gasteiger partial charge in [-0.2, -0.15) is 0 Å². The first-order valence-electron chi connectivity index (χ1n) is 8.06. The summed E-state index contributed by atoms with van der Waals surface area (Å²) in [5, 5.41) is 2.87. The van der Waals surface area contributed by atoms with Gasteiger partial charge in [0.1, 0.15) is 29.3 Å². The first kappa shape index (κ1) is 18.2. The Bertz CT molecular complexity index is 930. The summed E-state index contributed by atoms with van der Waals surface area (Å²) >= 11 is 0. The number of para-hydroxylation sites is 1. The standard InChI is InChI=1S/C19H18N2O6/c1-4-9-26-17(23)13-10(2)27-18(24)19(13)11-7-5-6-8-12(11)21-15(20)14(19)16(22)25-3/h4-8,21H,1,9,20H2,2-3H3. The van der Waals surface area contributed by atoms with Crippen LogP contribution in [0.15, 0.2) is 59.6 Å². The monoisotopic (exact) mass is 370 g/mol. The second-order valence-corrected chi connectivity index (χ2v) is 5.91. The molecule has 140 valence electrons. The zero-order valence-electron chi connectivity index (χ0n) is 14.8. The lowest BCUT2D eigenvalue weighted by atomic mass is 9.67. The van der Waals surface area contributed by atoms with Crippen molar-refractivity contribution in [1.82, 2.24) is 0 Å². The number of hydrogen-bond donors (Lipinski definition) is 2. The number of rotatable bonds is 4. The molecule has 0 fully saturated rings. The Morgan fingerprint density at radius 2 is 2.00 bits per heavy atom. The maximum absolute atomic E-state index is 13.1. The van der Waals surface area contributed by atoms with Crippen LogP contribution in [0.25, 0.3) is 0 Å². The Labute approximate surface area is 155 Å². The predicted molar refractivity (Wildman–Crippen MR) is 94.9 cm³/mol. The van der Waals surface area contributed by atoms with Crippen LogP contribution < -0.4 is 11.1 Å². The van der Waals surface area contributed by atoms with Gasteiger partial charge < -0.3 is 25.3 Å². The van der Waals surface area contributed by atoms with Gasteiger partial charge in [-0.1, -0.05) is 30.9 Å². The van der Waals surface area contributed by atoms with E-state index in [0.717, 1.165) is 7.11 Å². The number of ether oxygens (including phenoxy) is 3. The van der Waals surface area contributed by atoms with Crippen molar-refractivity contribution in [3.63, 3.8) is 0 Å². The fourth-order valence-electron chi connectivity index (χ4n) is 3.44. The summed E-state index contributed by atoms with van der Waals surface area (Å²) in [4.78, 5) is 38.5. The fraction of sp³-hybridized carbons (Fsp3) is 0.211. The number of benzene rings is 1. The number of nitrogens with one attached hydrogen (secondary N) is 1. The Balaban J connectivity index is 2.36. The molecule has 2 aliphatic heterocycles. The van der Waals surface area contributed by atoms with Crippen LogP contribution in [0.5, 0.6) is 0 Å². The molecular weight excluding hydrogens is 352 g/mol. The Morgan fingerprint density at radius 3 is 2.67 bits per heavy atom. The van der Waals surface area contributed by atoms with Crippen LogP contribution in [0.3, 0.4) is 0 Å². The van der Waals surface area contributed by atoms with Crippen LogP contribution in [-0.4, -0.2) is 31.6 Å². The number of carbonyl (C=O) groups is 3. The third-order valence-electron chi connectivity index (χ3n) is 4.45. The van der Waals surface area contributed by atoms with Crippen molar-refractivity contribution in [2.45, 2.75) is 12.3 Å². The average molecular weight is 370 g/mol. The Kier molecular flexibility index (Phi) is 4.49. The van der Waals surface area contributed by atoms with E-state index >= 15 is 0 Å². The van der Waals surface area contributed by atoms with Gasteiger partial charge in [0.15, 0.2) is 5.41 Å². The second kappa shape index (κ2) is 6.64. The highest BCUT2D eigenvalue weighted by molar-refractivity contribution is 6.15. The normalized spacial score (nSPS) is 20.7. The molecule has 0 saturated heterocycles. The van der Waals surface area contributed by atoms with Gasteiger partial charge in [-0.15, -0.1) is 0 Å². The molecule has 3 rings (SSSR count). The molecule has 3 N–H and O–H groups in total. The minimum Gasteiger partial charge on any atom is -0.466 e. The van der Waals surface area contributed by atoms with Crippen molar-refractivity contribution in [1.29, 1.82) is 0 Å². The Morgan fingerprint density at radius 1 is 1.30 bits per heavy atom. The van der Waals surface area contributed by atoms with Gasteiger partial charge in [-0.05, 0) is 13.0 Å². The van der Waals surface area contributed by atoms with Gasteiger partial charge in [0, 0.05) is 11.3 Å². The highest BCUT2D eigenvalue weighted by atomic mass is 16.6. The summed E-state index contributed by atoms with van der Waals surface area (Å²) < 4.78 is 15.3. The molecule has 0 aliphatic carbocycles. The summed E-state index contributed by atoms with van der Waals surface area (Å²) in [7, 11) is 1.16. The number of carbonyl (C=O) groups excluding carboxylic acids is 3. The van der Waals surface area contributed by atoms with Crippen molar-refractivity contribution in [3.05, 3.63) is 65.2 Å². The smallest absolute Gasteiger partial charge is 0.339 e. The first-order valence-corrected chi connectivity index (χ1v) is 8.06. The van der Waals surface area contributed by atoms with E-state index < -0.39 is 23.3 Å². The minimum atomic E-state index is -1.89. The maximum Gasteiger partial charge on any atom is 0.339 e.